The summed E-state index contributed by atoms with van der Waals surface area (Å²) in [7, 11) is 0. The van der Waals surface area contributed by atoms with Gasteiger partial charge in [-0.3, -0.25) is 4.99 Å². The topological polar surface area (TPSA) is 79.5 Å². The molecule has 2 aliphatic carbocycles. The van der Waals surface area contributed by atoms with E-state index in [1.807, 2.05) is 0 Å². The molecule has 5 nitrogen and oxygen atoms in total. The molecule has 0 fully saturated rings. The van der Waals surface area contributed by atoms with Gasteiger partial charge in [-0.25, -0.2) is 4.79 Å². The van der Waals surface area contributed by atoms with E-state index in [4.69, 9.17) is 5.73 Å². The third kappa shape index (κ3) is 3.87. The summed E-state index contributed by atoms with van der Waals surface area (Å²) in [5, 5.41) is 6.20. The van der Waals surface area contributed by atoms with Crippen LogP contribution in [-0.2, 0) is 25.7 Å². The number of urea groups is 1. The molecule has 1 aromatic rings. The number of nitrogens with zero attached hydrogens (tertiary/aromatic N) is 1. The predicted molar refractivity (Wildman–Crippen MR) is 111 cm³/mol. The number of benzene rings is 1. The van der Waals surface area contributed by atoms with Gasteiger partial charge in [0.05, 0.1) is 0 Å². The summed E-state index contributed by atoms with van der Waals surface area (Å²) in [4.78, 5) is 17.1. The molecule has 5 heteroatoms. The zero-order chi connectivity index (χ0) is 18.6. The number of carbonyl (C=O) groups is 1. The Morgan fingerprint density at radius 3 is 2.41 bits per heavy atom. The molecule has 2 amide bonds. The van der Waals surface area contributed by atoms with Crippen LogP contribution in [-0.4, -0.2) is 24.8 Å². The van der Waals surface area contributed by atoms with Gasteiger partial charge in [-0.15, -0.1) is 0 Å². The van der Waals surface area contributed by atoms with Gasteiger partial charge in [0.1, 0.15) is 0 Å². The molecule has 4 rings (SSSR count). The Bertz CT molecular complexity index is 762. The molecule has 4 N–H and O–H groups in total. The second kappa shape index (κ2) is 8.15. The third-order valence-electron chi connectivity index (χ3n) is 6.09. The summed E-state index contributed by atoms with van der Waals surface area (Å²) in [5.41, 5.74) is 14.7. The Labute approximate surface area is 161 Å². The van der Waals surface area contributed by atoms with Crippen molar-refractivity contribution >= 4 is 17.4 Å². The Morgan fingerprint density at radius 1 is 1.04 bits per heavy atom. The van der Waals surface area contributed by atoms with E-state index in [9.17, 15) is 4.79 Å². The summed E-state index contributed by atoms with van der Waals surface area (Å²) in [6.07, 6.45) is 12.6. The van der Waals surface area contributed by atoms with Crippen molar-refractivity contribution in [3.8, 4) is 0 Å². The van der Waals surface area contributed by atoms with Crippen LogP contribution in [0.1, 0.15) is 60.8 Å². The lowest BCUT2D eigenvalue weighted by atomic mass is 9.99. The monoisotopic (exact) mass is 366 g/mol. The molecule has 0 atom stereocenters. The number of nitrogens with two attached hydrogens (primary N) is 1. The maximum Gasteiger partial charge on any atom is 0.319 e. The molecule has 1 heterocycles. The minimum Gasteiger partial charge on any atom is -0.404 e. The lowest BCUT2D eigenvalue weighted by Gasteiger charge is -2.17. The van der Waals surface area contributed by atoms with Gasteiger partial charge in [0.15, 0.2) is 0 Å². The Balaban J connectivity index is 1.37. The van der Waals surface area contributed by atoms with E-state index in [1.165, 1.54) is 41.5 Å². The zero-order valence-corrected chi connectivity index (χ0v) is 16.1. The van der Waals surface area contributed by atoms with Crippen LogP contribution in [0.2, 0.25) is 0 Å². The lowest BCUT2D eigenvalue weighted by molar-refractivity contribution is 0.252. The molecule has 0 unspecified atom stereocenters. The summed E-state index contributed by atoms with van der Waals surface area (Å²) in [6, 6.07) is 2.28. The van der Waals surface area contributed by atoms with Crippen molar-refractivity contribution in [3.63, 3.8) is 0 Å². The first-order chi connectivity index (χ1) is 13.3. The van der Waals surface area contributed by atoms with Gasteiger partial charge in [-0.05, 0) is 98.2 Å². The molecule has 1 aliphatic heterocycles. The van der Waals surface area contributed by atoms with E-state index in [0.717, 1.165) is 68.5 Å². The Hall–Kier alpha value is -2.30. The van der Waals surface area contributed by atoms with E-state index in [0.29, 0.717) is 6.54 Å². The van der Waals surface area contributed by atoms with E-state index < -0.39 is 0 Å². The first-order valence-corrected chi connectivity index (χ1v) is 10.4. The summed E-state index contributed by atoms with van der Waals surface area (Å²) >= 11 is 0. The molecule has 0 spiro atoms. The van der Waals surface area contributed by atoms with Crippen LogP contribution in [0.3, 0.4) is 0 Å². The van der Waals surface area contributed by atoms with E-state index in [2.05, 4.69) is 21.7 Å². The molecule has 3 aliphatic rings. The lowest BCUT2D eigenvalue weighted by Crippen LogP contribution is -2.31. The Kier molecular flexibility index (Phi) is 5.46. The van der Waals surface area contributed by atoms with Crippen LogP contribution in [0.5, 0.6) is 0 Å². The fourth-order valence-corrected chi connectivity index (χ4v) is 4.72. The van der Waals surface area contributed by atoms with Crippen molar-refractivity contribution in [2.45, 2.75) is 64.2 Å². The largest absolute Gasteiger partial charge is 0.404 e. The minimum absolute atomic E-state index is 0.105. The van der Waals surface area contributed by atoms with Crippen molar-refractivity contribution in [2.75, 3.05) is 18.4 Å². The third-order valence-corrected chi connectivity index (χ3v) is 6.09. The second-order valence-electron chi connectivity index (χ2n) is 7.84. The number of hydrogen-bond donors (Lipinski definition) is 3. The van der Waals surface area contributed by atoms with Crippen molar-refractivity contribution in [1.29, 1.82) is 0 Å². The number of anilines is 1. The Morgan fingerprint density at radius 2 is 1.78 bits per heavy atom. The van der Waals surface area contributed by atoms with Crippen molar-refractivity contribution in [2.24, 2.45) is 10.7 Å². The number of amides is 2. The van der Waals surface area contributed by atoms with E-state index in [1.54, 1.807) is 6.20 Å². The van der Waals surface area contributed by atoms with Gasteiger partial charge < -0.3 is 16.4 Å². The van der Waals surface area contributed by atoms with Gasteiger partial charge in [0.2, 0.25) is 0 Å². The van der Waals surface area contributed by atoms with Gasteiger partial charge in [0, 0.05) is 24.5 Å². The quantitative estimate of drug-likeness (QED) is 0.744. The van der Waals surface area contributed by atoms with Crippen LogP contribution in [0.25, 0.3) is 0 Å². The van der Waals surface area contributed by atoms with Crippen LogP contribution < -0.4 is 16.4 Å². The fraction of sp³-hybridized carbons (Fsp3) is 0.545. The van der Waals surface area contributed by atoms with Crippen LogP contribution in [0.4, 0.5) is 10.5 Å². The van der Waals surface area contributed by atoms with Crippen LogP contribution in [0, 0.1) is 0 Å². The molecule has 0 radical (unpaired) electrons. The zero-order valence-electron chi connectivity index (χ0n) is 16.1. The number of nitrogens with one attached hydrogen (secondary N) is 2. The predicted octanol–water partition coefficient (Wildman–Crippen LogP) is 3.64. The number of aliphatic imine (C=N–C) groups is 1. The first kappa shape index (κ1) is 18.1. The van der Waals surface area contributed by atoms with Gasteiger partial charge in [-0.1, -0.05) is 6.07 Å². The number of hydrogen-bond acceptors (Lipinski definition) is 3. The van der Waals surface area contributed by atoms with Crippen molar-refractivity contribution in [3.05, 3.63) is 40.1 Å². The molecule has 27 heavy (non-hydrogen) atoms. The molecular weight excluding hydrogens is 336 g/mol. The molecule has 144 valence electrons. The number of carbonyl (C=O) groups excluding carboxylic acids is 1. The highest BCUT2D eigenvalue weighted by Gasteiger charge is 2.24. The van der Waals surface area contributed by atoms with Crippen molar-refractivity contribution < 1.29 is 4.79 Å². The number of fused-ring (bicyclic) bond motifs is 2. The molecular formula is C22H30N4O. The minimum atomic E-state index is -0.105. The summed E-state index contributed by atoms with van der Waals surface area (Å²) < 4.78 is 0. The fourth-order valence-electron chi connectivity index (χ4n) is 4.72. The van der Waals surface area contributed by atoms with Crippen LogP contribution >= 0.6 is 0 Å². The van der Waals surface area contributed by atoms with Crippen molar-refractivity contribution in [1.82, 2.24) is 5.32 Å². The van der Waals surface area contributed by atoms with E-state index in [-0.39, 0.29) is 6.03 Å². The second-order valence-corrected chi connectivity index (χ2v) is 7.84. The maximum absolute atomic E-state index is 12.6. The molecule has 0 saturated heterocycles. The highest BCUT2D eigenvalue weighted by Crippen LogP contribution is 2.38. The maximum atomic E-state index is 12.6. The number of rotatable bonds is 5. The molecule has 0 bridgehead atoms. The highest BCUT2D eigenvalue weighted by molar-refractivity contribution is 6.00. The average Bonchev–Trinajstić information content (AvgIpc) is 3.35. The van der Waals surface area contributed by atoms with Crippen LogP contribution in [0.15, 0.2) is 22.8 Å². The van der Waals surface area contributed by atoms with E-state index >= 15 is 0 Å². The summed E-state index contributed by atoms with van der Waals surface area (Å²) in [6.45, 7) is 1.47. The number of aryl methyl sites for hydroxylation is 2. The smallest absolute Gasteiger partial charge is 0.319 e. The standard InChI is InChI=1S/C22H30N4O/c23-14-17(20-9-1-2-11-24-20)10-12-25-22(27)26-21-18-7-3-5-15(18)13-16-6-4-8-19(16)21/h13-14H,1-12,23H2,(H2,25,26,27). The molecule has 1 aromatic carbocycles. The first-order valence-electron chi connectivity index (χ1n) is 10.4. The van der Waals surface area contributed by atoms with Gasteiger partial charge in [0.25, 0.3) is 0 Å². The normalized spacial score (nSPS) is 18.7. The molecule has 0 saturated carbocycles. The summed E-state index contributed by atoms with van der Waals surface area (Å²) in [5.74, 6) is 0. The van der Waals surface area contributed by atoms with Gasteiger partial charge >= 0.3 is 6.03 Å². The SMILES string of the molecule is NC=C(CCNC(=O)Nc1c2c(cc3c1CCC3)CCC2)C1=NCCCC1. The highest BCUT2D eigenvalue weighted by atomic mass is 16.2. The molecule has 0 aromatic heterocycles. The van der Waals surface area contributed by atoms with Gasteiger partial charge in [-0.2, -0.15) is 0 Å². The average molecular weight is 367 g/mol.